The number of nitrogens with zero attached hydrogens (tertiary/aromatic N) is 2. The molecule has 124 valence electrons. The van der Waals surface area contributed by atoms with Gasteiger partial charge in [-0.25, -0.2) is 0 Å². The van der Waals surface area contributed by atoms with Gasteiger partial charge < -0.3 is 25.0 Å². The summed E-state index contributed by atoms with van der Waals surface area (Å²) >= 11 is 6.39. The molecule has 1 heterocycles. The van der Waals surface area contributed by atoms with Crippen LogP contribution in [0.5, 0.6) is 0 Å². The maximum atomic E-state index is 9.71. The number of aliphatic hydroxyl groups excluding tert-OH is 1. The number of anilines is 1. The molecule has 2 N–H and O–H groups in total. The third kappa shape index (κ3) is 4.83. The molecule has 0 radical (unpaired) electrons. The van der Waals surface area contributed by atoms with Gasteiger partial charge in [0.15, 0.2) is 0 Å². The summed E-state index contributed by atoms with van der Waals surface area (Å²) < 4.78 is 4.93. The van der Waals surface area contributed by atoms with Crippen LogP contribution in [0.15, 0.2) is 18.2 Å². The lowest BCUT2D eigenvalue weighted by molar-refractivity contribution is 0.0644. The van der Waals surface area contributed by atoms with E-state index in [1.54, 1.807) is 7.11 Å². The fourth-order valence-electron chi connectivity index (χ4n) is 2.68. The molecule has 0 bridgehead atoms. The lowest BCUT2D eigenvalue weighted by Crippen LogP contribution is -2.45. The lowest BCUT2D eigenvalue weighted by atomic mass is 10.1. The highest BCUT2D eigenvalue weighted by Gasteiger charge is 2.18. The van der Waals surface area contributed by atoms with E-state index in [2.05, 4.69) is 28.2 Å². The molecule has 2 rings (SSSR count). The van der Waals surface area contributed by atoms with Crippen LogP contribution in [0.3, 0.4) is 0 Å². The van der Waals surface area contributed by atoms with Gasteiger partial charge in [-0.05, 0) is 19.2 Å². The summed E-state index contributed by atoms with van der Waals surface area (Å²) in [6, 6.07) is 6.04. The van der Waals surface area contributed by atoms with Crippen LogP contribution in [0.2, 0.25) is 5.02 Å². The smallest absolute Gasteiger partial charge is 0.0897 e. The number of nitrogens with one attached hydrogen (secondary N) is 1. The third-order valence-electron chi connectivity index (χ3n) is 3.98. The zero-order valence-corrected chi connectivity index (χ0v) is 14.1. The van der Waals surface area contributed by atoms with Crippen molar-refractivity contribution < 1.29 is 9.84 Å². The molecule has 1 aliphatic heterocycles. The maximum absolute atomic E-state index is 9.71. The first-order chi connectivity index (χ1) is 10.6. The summed E-state index contributed by atoms with van der Waals surface area (Å²) in [5.74, 6) is 0. The van der Waals surface area contributed by atoms with Crippen LogP contribution in [0.1, 0.15) is 5.56 Å². The first-order valence-electron chi connectivity index (χ1n) is 7.70. The molecule has 0 aromatic heterocycles. The second-order valence-electron chi connectivity index (χ2n) is 5.77. The van der Waals surface area contributed by atoms with Crippen LogP contribution in [0, 0.1) is 0 Å². The first-order valence-corrected chi connectivity index (χ1v) is 8.08. The molecule has 1 fully saturated rings. The molecule has 0 saturated carbocycles. The van der Waals surface area contributed by atoms with E-state index in [-0.39, 0.29) is 0 Å². The van der Waals surface area contributed by atoms with Gasteiger partial charge >= 0.3 is 0 Å². The molecule has 22 heavy (non-hydrogen) atoms. The zero-order chi connectivity index (χ0) is 15.9. The molecule has 1 unspecified atom stereocenters. The van der Waals surface area contributed by atoms with Crippen molar-refractivity contribution in [3.8, 4) is 0 Å². The van der Waals surface area contributed by atoms with E-state index in [9.17, 15) is 5.11 Å². The molecule has 1 saturated heterocycles. The van der Waals surface area contributed by atoms with Crippen molar-refractivity contribution in [2.45, 2.75) is 12.6 Å². The van der Waals surface area contributed by atoms with E-state index in [0.717, 1.165) is 36.8 Å². The van der Waals surface area contributed by atoms with Gasteiger partial charge in [-0.1, -0.05) is 17.7 Å². The number of methoxy groups -OCH3 is 1. The average molecular weight is 328 g/mol. The molecule has 0 amide bonds. The zero-order valence-electron chi connectivity index (χ0n) is 13.4. The summed E-state index contributed by atoms with van der Waals surface area (Å²) in [6.45, 7) is 5.61. The Morgan fingerprint density at radius 3 is 2.73 bits per heavy atom. The topological polar surface area (TPSA) is 48.0 Å². The van der Waals surface area contributed by atoms with Crippen molar-refractivity contribution in [2.75, 3.05) is 58.4 Å². The Morgan fingerprint density at radius 1 is 1.32 bits per heavy atom. The molecule has 1 aliphatic rings. The van der Waals surface area contributed by atoms with Crippen LogP contribution in [-0.4, -0.2) is 69.6 Å². The Balaban J connectivity index is 2.00. The predicted molar refractivity (Wildman–Crippen MR) is 90.8 cm³/mol. The second kappa shape index (κ2) is 8.70. The Kier molecular flexibility index (Phi) is 6.92. The summed E-state index contributed by atoms with van der Waals surface area (Å²) in [5.41, 5.74) is 2.28. The highest BCUT2D eigenvalue weighted by molar-refractivity contribution is 6.31. The van der Waals surface area contributed by atoms with Crippen LogP contribution in [0.25, 0.3) is 0 Å². The molecule has 0 aliphatic carbocycles. The minimum absolute atomic E-state index is 0.334. The molecular weight excluding hydrogens is 302 g/mol. The number of halogens is 1. The highest BCUT2D eigenvalue weighted by Crippen LogP contribution is 2.28. The van der Waals surface area contributed by atoms with E-state index in [1.165, 1.54) is 5.69 Å². The monoisotopic (exact) mass is 327 g/mol. The lowest BCUT2D eigenvalue weighted by Gasteiger charge is -2.35. The van der Waals surface area contributed by atoms with Crippen molar-refractivity contribution >= 4 is 17.3 Å². The Morgan fingerprint density at radius 2 is 2.05 bits per heavy atom. The standard InChI is InChI=1S/C16H26ClN3O2/c1-19-6-8-20(9-7-19)16-5-3-4-15(17)14(16)11-18-10-13(21)12-22-2/h3-5,13,18,21H,6-12H2,1-2H3. The van der Waals surface area contributed by atoms with E-state index in [0.29, 0.717) is 19.7 Å². The van der Waals surface area contributed by atoms with Gasteiger partial charge in [0.1, 0.15) is 0 Å². The maximum Gasteiger partial charge on any atom is 0.0897 e. The van der Waals surface area contributed by atoms with Gasteiger partial charge in [0.05, 0.1) is 12.7 Å². The number of piperazine rings is 1. The van der Waals surface area contributed by atoms with Crippen LogP contribution < -0.4 is 10.2 Å². The molecule has 1 atom stereocenters. The van der Waals surface area contributed by atoms with Crippen molar-refractivity contribution in [3.63, 3.8) is 0 Å². The van der Waals surface area contributed by atoms with Crippen LogP contribution >= 0.6 is 11.6 Å². The minimum Gasteiger partial charge on any atom is -0.389 e. The number of benzene rings is 1. The number of likely N-dealkylation sites (N-methyl/N-ethyl adjacent to an activating group) is 1. The Hall–Kier alpha value is -0.850. The minimum atomic E-state index is -0.500. The van der Waals surface area contributed by atoms with Gasteiger partial charge in [-0.15, -0.1) is 0 Å². The van der Waals surface area contributed by atoms with E-state index in [4.69, 9.17) is 16.3 Å². The SMILES string of the molecule is COCC(O)CNCc1c(Cl)cccc1N1CCN(C)CC1. The molecule has 5 nitrogen and oxygen atoms in total. The van der Waals surface area contributed by atoms with E-state index in [1.807, 2.05) is 12.1 Å². The van der Waals surface area contributed by atoms with Crippen LogP contribution in [-0.2, 0) is 11.3 Å². The summed E-state index contributed by atoms with van der Waals surface area (Å²) in [4.78, 5) is 4.72. The van der Waals surface area contributed by atoms with E-state index < -0.39 is 6.10 Å². The number of rotatable bonds is 7. The average Bonchev–Trinajstić information content (AvgIpc) is 2.50. The molecule has 1 aromatic carbocycles. The highest BCUT2D eigenvalue weighted by atomic mass is 35.5. The quantitative estimate of drug-likeness (QED) is 0.788. The third-order valence-corrected chi connectivity index (χ3v) is 4.33. The summed E-state index contributed by atoms with van der Waals surface area (Å²) in [7, 11) is 3.73. The molecular formula is C16H26ClN3O2. The summed E-state index contributed by atoms with van der Waals surface area (Å²) in [6.07, 6.45) is -0.500. The Labute approximate surface area is 137 Å². The largest absolute Gasteiger partial charge is 0.389 e. The molecule has 1 aromatic rings. The predicted octanol–water partition coefficient (Wildman–Crippen LogP) is 1.19. The molecule has 0 spiro atoms. The number of hydrogen-bond acceptors (Lipinski definition) is 5. The Bertz CT molecular complexity index is 465. The second-order valence-corrected chi connectivity index (χ2v) is 6.18. The van der Waals surface area contributed by atoms with Gasteiger partial charge in [0.25, 0.3) is 0 Å². The van der Waals surface area contributed by atoms with Gasteiger partial charge in [-0.3, -0.25) is 0 Å². The summed E-state index contributed by atoms with van der Waals surface area (Å²) in [5, 5.41) is 13.7. The van der Waals surface area contributed by atoms with E-state index >= 15 is 0 Å². The number of hydrogen-bond donors (Lipinski definition) is 2. The normalized spacial score (nSPS) is 17.7. The number of ether oxygens (including phenoxy) is 1. The van der Waals surface area contributed by atoms with Gasteiger partial charge in [-0.2, -0.15) is 0 Å². The molecule has 6 heteroatoms. The van der Waals surface area contributed by atoms with Gasteiger partial charge in [0.2, 0.25) is 0 Å². The fourth-order valence-corrected chi connectivity index (χ4v) is 2.92. The van der Waals surface area contributed by atoms with Crippen molar-refractivity contribution in [1.29, 1.82) is 0 Å². The van der Waals surface area contributed by atoms with Crippen molar-refractivity contribution in [2.24, 2.45) is 0 Å². The van der Waals surface area contributed by atoms with Crippen molar-refractivity contribution in [3.05, 3.63) is 28.8 Å². The van der Waals surface area contributed by atoms with Gasteiger partial charge in [0, 0.05) is 62.7 Å². The first kappa shape index (κ1) is 17.5. The van der Waals surface area contributed by atoms with Crippen LogP contribution in [0.4, 0.5) is 5.69 Å². The fraction of sp³-hybridized carbons (Fsp3) is 0.625. The number of aliphatic hydroxyl groups is 1. The van der Waals surface area contributed by atoms with Crippen molar-refractivity contribution in [1.82, 2.24) is 10.2 Å².